The van der Waals surface area contributed by atoms with Crippen LogP contribution in [0, 0.1) is 38.5 Å². The predicted molar refractivity (Wildman–Crippen MR) is 158 cm³/mol. The van der Waals surface area contributed by atoms with Crippen molar-refractivity contribution in [1.29, 1.82) is 0 Å². The van der Waals surface area contributed by atoms with E-state index in [9.17, 15) is 14.7 Å². The van der Waals surface area contributed by atoms with Crippen LogP contribution in [-0.4, -0.2) is 28.4 Å². The second-order valence-corrected chi connectivity index (χ2v) is 13.3. The predicted octanol–water partition coefficient (Wildman–Crippen LogP) is 8.19. The molecule has 1 aromatic carbocycles. The third-order valence-corrected chi connectivity index (χ3v) is 9.29. The minimum absolute atomic E-state index is 0.0711. The second-order valence-electron chi connectivity index (χ2n) is 13.3. The first-order chi connectivity index (χ1) is 18.7. The molecule has 2 aliphatic heterocycles. The summed E-state index contributed by atoms with van der Waals surface area (Å²) in [6.07, 6.45) is 9.92. The van der Waals surface area contributed by atoms with Gasteiger partial charge < -0.3 is 19.3 Å². The molecule has 0 radical (unpaired) electrons. The standard InChI is InChI=1S/C34H52O6/c1-21(2)13-10-14-22(3)15-11-16-23(4)17-12-18-33(9)34(38-29(35)19-24(5)32(37)40-34)20-28-27(8)30(36)25(6)26(7)31(28)39-33/h21-23,36H,5,10-20H2,1-4,6-9H3/t22-,23+,33-,34?/m0/s1. The number of hydrogen-bond acceptors (Lipinski definition) is 6. The summed E-state index contributed by atoms with van der Waals surface area (Å²) in [7, 11) is 0. The van der Waals surface area contributed by atoms with Crippen molar-refractivity contribution in [1.82, 2.24) is 0 Å². The SMILES string of the molecule is C=C1CC(=O)OC2(Cc3c(C)c(O)c(C)c(C)c3O[C@@]2(C)CCC[C@H](C)CCC[C@@H](C)CCCC(C)C)OC1=O. The Morgan fingerprint density at radius 1 is 0.825 bits per heavy atom. The van der Waals surface area contributed by atoms with Crippen LogP contribution in [0.25, 0.3) is 0 Å². The molecular formula is C34H52O6. The van der Waals surface area contributed by atoms with Crippen LogP contribution in [0.5, 0.6) is 11.5 Å². The van der Waals surface area contributed by atoms with E-state index in [-0.39, 0.29) is 24.2 Å². The number of benzene rings is 1. The van der Waals surface area contributed by atoms with Gasteiger partial charge in [0.15, 0.2) is 5.60 Å². The number of carbonyl (C=O) groups excluding carboxylic acids is 2. The fourth-order valence-corrected chi connectivity index (χ4v) is 6.25. The summed E-state index contributed by atoms with van der Waals surface area (Å²) in [5, 5.41) is 10.7. The molecule has 0 bridgehead atoms. The molecule has 224 valence electrons. The van der Waals surface area contributed by atoms with Crippen molar-refractivity contribution in [2.75, 3.05) is 0 Å². The summed E-state index contributed by atoms with van der Waals surface area (Å²) >= 11 is 0. The van der Waals surface area contributed by atoms with Crippen molar-refractivity contribution < 1.29 is 28.9 Å². The molecule has 3 rings (SSSR count). The fraction of sp³-hybridized carbons (Fsp3) is 0.706. The van der Waals surface area contributed by atoms with Crippen LogP contribution in [-0.2, 0) is 25.5 Å². The lowest BCUT2D eigenvalue weighted by Crippen LogP contribution is -2.63. The Hall–Kier alpha value is -2.50. The first-order valence-corrected chi connectivity index (χ1v) is 15.3. The fourth-order valence-electron chi connectivity index (χ4n) is 6.25. The van der Waals surface area contributed by atoms with Gasteiger partial charge in [-0.15, -0.1) is 0 Å². The zero-order chi connectivity index (χ0) is 29.8. The molecule has 1 unspecified atom stereocenters. The maximum absolute atomic E-state index is 12.9. The summed E-state index contributed by atoms with van der Waals surface area (Å²) in [6.45, 7) is 20.5. The molecule has 0 amide bonds. The average Bonchev–Trinajstić information content (AvgIpc) is 2.97. The van der Waals surface area contributed by atoms with Crippen LogP contribution in [0.4, 0.5) is 0 Å². The molecule has 2 heterocycles. The zero-order valence-electron chi connectivity index (χ0n) is 26.2. The third kappa shape index (κ3) is 7.03. The number of aromatic hydroxyl groups is 1. The Kier molecular flexibility index (Phi) is 10.4. The molecule has 1 saturated heterocycles. The molecule has 2 aliphatic rings. The minimum atomic E-state index is -1.64. The van der Waals surface area contributed by atoms with Gasteiger partial charge in [-0.1, -0.05) is 79.2 Å². The van der Waals surface area contributed by atoms with Crippen molar-refractivity contribution in [2.24, 2.45) is 17.8 Å². The van der Waals surface area contributed by atoms with Crippen molar-refractivity contribution in [3.8, 4) is 11.5 Å². The van der Waals surface area contributed by atoms with Crippen LogP contribution in [0.3, 0.4) is 0 Å². The van der Waals surface area contributed by atoms with Gasteiger partial charge in [-0.05, 0) is 75.0 Å². The van der Waals surface area contributed by atoms with Crippen molar-refractivity contribution in [3.63, 3.8) is 0 Å². The second kappa shape index (κ2) is 13.0. The first kappa shape index (κ1) is 32.0. The van der Waals surface area contributed by atoms with Crippen LogP contribution < -0.4 is 4.74 Å². The molecule has 6 nitrogen and oxygen atoms in total. The lowest BCUT2D eigenvalue weighted by Gasteiger charge is -2.49. The highest BCUT2D eigenvalue weighted by Crippen LogP contribution is 2.51. The highest BCUT2D eigenvalue weighted by Gasteiger charge is 2.61. The maximum atomic E-state index is 12.9. The molecule has 40 heavy (non-hydrogen) atoms. The summed E-state index contributed by atoms with van der Waals surface area (Å²) in [4.78, 5) is 25.7. The van der Waals surface area contributed by atoms with E-state index >= 15 is 0 Å². The molecule has 1 spiro atoms. The topological polar surface area (TPSA) is 82.1 Å². The van der Waals surface area contributed by atoms with Gasteiger partial charge in [0.1, 0.15) is 11.5 Å². The van der Waals surface area contributed by atoms with E-state index in [1.807, 2.05) is 27.7 Å². The van der Waals surface area contributed by atoms with Gasteiger partial charge in [-0.2, -0.15) is 0 Å². The number of carbonyl (C=O) groups is 2. The Bertz CT molecular complexity index is 1100. The number of fused-ring (bicyclic) bond motifs is 1. The summed E-state index contributed by atoms with van der Waals surface area (Å²) in [5.41, 5.74) is 1.91. The Balaban J connectivity index is 1.74. The number of rotatable bonds is 12. The van der Waals surface area contributed by atoms with E-state index in [1.54, 1.807) is 0 Å². The normalized spacial score (nSPS) is 24.3. The van der Waals surface area contributed by atoms with Gasteiger partial charge in [0.2, 0.25) is 0 Å². The highest BCUT2D eigenvalue weighted by molar-refractivity contribution is 5.94. The first-order valence-electron chi connectivity index (χ1n) is 15.3. The van der Waals surface area contributed by atoms with Crippen LogP contribution in [0.15, 0.2) is 12.2 Å². The quantitative estimate of drug-likeness (QED) is 0.206. The summed E-state index contributed by atoms with van der Waals surface area (Å²) < 4.78 is 18.6. The van der Waals surface area contributed by atoms with Crippen molar-refractivity contribution in [3.05, 3.63) is 34.4 Å². The molecule has 1 N–H and O–H groups in total. The van der Waals surface area contributed by atoms with E-state index in [0.717, 1.165) is 35.8 Å². The average molecular weight is 557 g/mol. The monoisotopic (exact) mass is 556 g/mol. The summed E-state index contributed by atoms with van der Waals surface area (Å²) in [5.74, 6) is 0.114. The van der Waals surface area contributed by atoms with Gasteiger partial charge >= 0.3 is 17.7 Å². The lowest BCUT2D eigenvalue weighted by molar-refractivity contribution is -0.285. The van der Waals surface area contributed by atoms with Gasteiger partial charge in [0, 0.05) is 11.1 Å². The Labute approximate surface area is 241 Å². The Morgan fingerprint density at radius 2 is 1.40 bits per heavy atom. The molecule has 0 aliphatic carbocycles. The van der Waals surface area contributed by atoms with Gasteiger partial charge in [0.25, 0.3) is 0 Å². The summed E-state index contributed by atoms with van der Waals surface area (Å²) in [6, 6.07) is 0. The minimum Gasteiger partial charge on any atom is -0.507 e. The van der Waals surface area contributed by atoms with E-state index in [2.05, 4.69) is 34.3 Å². The van der Waals surface area contributed by atoms with Crippen LogP contribution in [0.1, 0.15) is 121 Å². The van der Waals surface area contributed by atoms with E-state index in [1.165, 1.54) is 38.5 Å². The molecule has 4 atom stereocenters. The number of ether oxygens (including phenoxy) is 3. The number of phenolic OH excluding ortho intramolecular Hbond substituents is 1. The van der Waals surface area contributed by atoms with Gasteiger partial charge in [-0.3, -0.25) is 4.79 Å². The third-order valence-electron chi connectivity index (χ3n) is 9.29. The number of phenols is 1. The van der Waals surface area contributed by atoms with E-state index in [4.69, 9.17) is 14.2 Å². The van der Waals surface area contributed by atoms with E-state index < -0.39 is 23.3 Å². The van der Waals surface area contributed by atoms with Crippen LogP contribution >= 0.6 is 0 Å². The smallest absolute Gasteiger partial charge is 0.337 e. The molecule has 0 aromatic heterocycles. The molecule has 0 saturated carbocycles. The largest absolute Gasteiger partial charge is 0.507 e. The lowest BCUT2D eigenvalue weighted by atomic mass is 9.78. The van der Waals surface area contributed by atoms with Crippen LogP contribution in [0.2, 0.25) is 0 Å². The van der Waals surface area contributed by atoms with Crippen molar-refractivity contribution >= 4 is 11.9 Å². The molecule has 1 aromatic rings. The number of hydrogen-bond donors (Lipinski definition) is 1. The van der Waals surface area contributed by atoms with Gasteiger partial charge in [0.05, 0.1) is 12.8 Å². The molecular weight excluding hydrogens is 504 g/mol. The van der Waals surface area contributed by atoms with Crippen molar-refractivity contribution in [2.45, 2.75) is 137 Å². The van der Waals surface area contributed by atoms with Gasteiger partial charge in [-0.25, -0.2) is 4.79 Å². The number of esters is 2. The maximum Gasteiger partial charge on any atom is 0.337 e. The Morgan fingerprint density at radius 3 is 2.00 bits per heavy atom. The molecule has 6 heteroatoms. The van der Waals surface area contributed by atoms with E-state index in [0.29, 0.717) is 29.2 Å². The zero-order valence-corrected chi connectivity index (χ0v) is 26.2. The molecule has 1 fully saturated rings. The highest BCUT2D eigenvalue weighted by atomic mass is 16.8.